The van der Waals surface area contributed by atoms with Gasteiger partial charge in [0.05, 0.1) is 16.8 Å². The van der Waals surface area contributed by atoms with Crippen molar-refractivity contribution in [3.05, 3.63) is 259 Å². The van der Waals surface area contributed by atoms with Crippen LogP contribution in [0.15, 0.2) is 237 Å². The van der Waals surface area contributed by atoms with Gasteiger partial charge in [-0.2, -0.15) is 0 Å². The molecule has 2 heterocycles. The zero-order valence-electron chi connectivity index (χ0n) is 36.8. The average Bonchev–Trinajstić information content (AvgIpc) is 3.94. The van der Waals surface area contributed by atoms with Gasteiger partial charge in [-0.1, -0.05) is 200 Å². The second-order valence-corrected chi connectivity index (χ2v) is 19.2. The summed E-state index contributed by atoms with van der Waals surface area (Å²) >= 11 is 1.86. The first-order valence-electron chi connectivity index (χ1n) is 23.4. The molecule has 68 heavy (non-hydrogen) atoms. The van der Waals surface area contributed by atoms with Gasteiger partial charge in [-0.25, -0.2) is 0 Å². The van der Waals surface area contributed by atoms with E-state index < -0.39 is 5.41 Å². The van der Waals surface area contributed by atoms with E-state index in [2.05, 4.69) is 241 Å². The normalized spacial score (nSPS) is 13.2. The molecule has 2 aliphatic rings. The molecular formula is C65H39NOS. The quantitative estimate of drug-likeness (QED) is 0.163. The molecular weight excluding hydrogens is 843 g/mol. The van der Waals surface area contributed by atoms with E-state index >= 15 is 0 Å². The molecule has 0 amide bonds. The lowest BCUT2D eigenvalue weighted by atomic mass is 9.63. The smallest absolute Gasteiger partial charge is 0.140 e. The Morgan fingerprint density at radius 2 is 0.779 bits per heavy atom. The van der Waals surface area contributed by atoms with Gasteiger partial charge in [-0.15, -0.1) is 11.3 Å². The fourth-order valence-electron chi connectivity index (χ4n) is 12.3. The van der Waals surface area contributed by atoms with E-state index in [1.807, 2.05) is 11.3 Å². The van der Waals surface area contributed by atoms with Gasteiger partial charge in [0.2, 0.25) is 0 Å². The highest BCUT2D eigenvalue weighted by atomic mass is 32.1. The molecule has 0 bridgehead atoms. The van der Waals surface area contributed by atoms with Crippen LogP contribution in [-0.2, 0) is 5.41 Å². The first-order valence-corrected chi connectivity index (χ1v) is 24.2. The standard InChI is InChI=1S/C65H39NOS/c1-2-20-40(21-3-1)66(56-37-19-39-58-60(56)52-32-14-17-38-57(52)68-58)55-36-16-13-26-45(55)46-33-18-35-54-59(46)51-31-12-15-34-53(51)65(54)61-47-27-8-4-22-41(47)43-24-6-10-29-49(43)63(61)67-64-50-30-11-7-25-44(50)42-23-5-9-28-48(42)62(64)65/h1-39H. The largest absolute Gasteiger partial charge is 0.455 e. The number of anilines is 3. The van der Waals surface area contributed by atoms with E-state index in [1.165, 1.54) is 91.4 Å². The van der Waals surface area contributed by atoms with E-state index in [4.69, 9.17) is 4.74 Å². The highest BCUT2D eigenvalue weighted by Gasteiger charge is 2.54. The minimum absolute atomic E-state index is 0.770. The summed E-state index contributed by atoms with van der Waals surface area (Å²) in [6, 6.07) is 87.5. The maximum absolute atomic E-state index is 7.65. The molecule has 316 valence electrons. The Morgan fingerprint density at radius 1 is 0.324 bits per heavy atom. The van der Waals surface area contributed by atoms with Crippen LogP contribution in [0.3, 0.4) is 0 Å². The van der Waals surface area contributed by atoms with Crippen LogP contribution in [0.2, 0.25) is 0 Å². The molecule has 2 nitrogen and oxygen atoms in total. The highest BCUT2D eigenvalue weighted by molar-refractivity contribution is 7.26. The first kappa shape index (κ1) is 37.7. The Bertz CT molecular complexity index is 4140. The maximum atomic E-state index is 7.65. The lowest BCUT2D eigenvalue weighted by Gasteiger charge is -2.42. The molecule has 1 aliphatic heterocycles. The van der Waals surface area contributed by atoms with E-state index in [9.17, 15) is 0 Å². The Labute approximate surface area is 397 Å². The van der Waals surface area contributed by atoms with Crippen molar-refractivity contribution < 1.29 is 4.74 Å². The third-order valence-electron chi connectivity index (χ3n) is 14.9. The van der Waals surface area contributed by atoms with Crippen LogP contribution in [0.4, 0.5) is 17.1 Å². The molecule has 1 aliphatic carbocycles. The first-order chi connectivity index (χ1) is 33.8. The SMILES string of the molecule is c1ccc(N(c2ccccc2-c2cccc3c2-c2ccccc2C32c3c(c4ccccc4c4ccccc34)Oc3c2c2ccccc2c2ccccc32)c2cccc3sc4ccccc4c23)cc1. The van der Waals surface area contributed by atoms with Crippen LogP contribution in [0.5, 0.6) is 11.5 Å². The molecule has 3 heteroatoms. The summed E-state index contributed by atoms with van der Waals surface area (Å²) in [5.41, 5.74) is 12.4. The second-order valence-electron chi connectivity index (χ2n) is 18.2. The predicted octanol–water partition coefficient (Wildman–Crippen LogP) is 18.3. The number of thiophene rings is 1. The molecule has 0 atom stereocenters. The second kappa shape index (κ2) is 14.3. The Kier molecular flexibility index (Phi) is 7.90. The van der Waals surface area contributed by atoms with Crippen LogP contribution in [0.25, 0.3) is 85.5 Å². The van der Waals surface area contributed by atoms with Crippen molar-refractivity contribution in [3.63, 3.8) is 0 Å². The van der Waals surface area contributed by atoms with Gasteiger partial charge in [0.1, 0.15) is 11.5 Å². The number of ether oxygens (including phenoxy) is 1. The van der Waals surface area contributed by atoms with Gasteiger partial charge in [0, 0.05) is 53.3 Å². The topological polar surface area (TPSA) is 12.5 Å². The van der Waals surface area contributed by atoms with Crippen LogP contribution in [0.1, 0.15) is 22.3 Å². The Balaban J connectivity index is 1.10. The van der Waals surface area contributed by atoms with Crippen molar-refractivity contribution in [3.8, 4) is 33.8 Å². The van der Waals surface area contributed by atoms with Crippen molar-refractivity contribution in [2.45, 2.75) is 5.41 Å². The molecule has 0 unspecified atom stereocenters. The van der Waals surface area contributed by atoms with E-state index in [0.29, 0.717) is 0 Å². The number of hydrogen-bond acceptors (Lipinski definition) is 3. The summed E-state index contributed by atoms with van der Waals surface area (Å²) in [6.07, 6.45) is 0. The minimum Gasteiger partial charge on any atom is -0.455 e. The Morgan fingerprint density at radius 3 is 1.46 bits per heavy atom. The zero-order valence-corrected chi connectivity index (χ0v) is 37.6. The molecule has 13 aromatic rings. The summed E-state index contributed by atoms with van der Waals surface area (Å²) in [4.78, 5) is 2.49. The van der Waals surface area contributed by atoms with Crippen molar-refractivity contribution in [1.29, 1.82) is 0 Å². The zero-order chi connectivity index (χ0) is 44.5. The molecule has 15 rings (SSSR count). The maximum Gasteiger partial charge on any atom is 0.140 e. The monoisotopic (exact) mass is 881 g/mol. The van der Waals surface area contributed by atoms with E-state index in [1.54, 1.807) is 0 Å². The van der Waals surface area contributed by atoms with Gasteiger partial charge in [-0.3, -0.25) is 0 Å². The number of nitrogens with zero attached hydrogens (tertiary/aromatic N) is 1. The van der Waals surface area contributed by atoms with Crippen molar-refractivity contribution >= 4 is 91.7 Å². The summed E-state index contributed by atoms with van der Waals surface area (Å²) in [5.74, 6) is 1.85. The molecule has 1 aromatic heterocycles. The van der Waals surface area contributed by atoms with Gasteiger partial charge in [-0.05, 0) is 96.5 Å². The van der Waals surface area contributed by atoms with Crippen LogP contribution < -0.4 is 9.64 Å². The van der Waals surface area contributed by atoms with E-state index in [-0.39, 0.29) is 0 Å². The van der Waals surface area contributed by atoms with Gasteiger partial charge in [0.25, 0.3) is 0 Å². The molecule has 0 radical (unpaired) electrons. The molecule has 0 saturated carbocycles. The Hall–Kier alpha value is -8.50. The van der Waals surface area contributed by atoms with Crippen molar-refractivity contribution in [2.24, 2.45) is 0 Å². The number of hydrogen-bond donors (Lipinski definition) is 0. The third-order valence-corrected chi connectivity index (χ3v) is 16.0. The summed E-state index contributed by atoms with van der Waals surface area (Å²) < 4.78 is 10.2. The van der Waals surface area contributed by atoms with Crippen LogP contribution >= 0.6 is 11.3 Å². The van der Waals surface area contributed by atoms with E-state index in [0.717, 1.165) is 44.9 Å². The lowest BCUT2D eigenvalue weighted by Crippen LogP contribution is -2.33. The number of benzene rings is 12. The van der Waals surface area contributed by atoms with Crippen molar-refractivity contribution in [2.75, 3.05) is 4.90 Å². The van der Waals surface area contributed by atoms with Crippen LogP contribution in [0, 0.1) is 0 Å². The average molecular weight is 882 g/mol. The molecule has 0 N–H and O–H groups in total. The number of rotatable bonds is 4. The summed E-state index contributed by atoms with van der Waals surface area (Å²) in [5, 5.41) is 12.0. The van der Waals surface area contributed by atoms with Crippen LogP contribution in [-0.4, -0.2) is 0 Å². The molecule has 12 aromatic carbocycles. The summed E-state index contributed by atoms with van der Waals surface area (Å²) in [7, 11) is 0. The molecule has 1 spiro atoms. The van der Waals surface area contributed by atoms with Gasteiger partial charge >= 0.3 is 0 Å². The third kappa shape index (κ3) is 4.95. The number of para-hydroxylation sites is 2. The fraction of sp³-hybridized carbons (Fsp3) is 0.0154. The van der Waals surface area contributed by atoms with Crippen molar-refractivity contribution in [1.82, 2.24) is 0 Å². The van der Waals surface area contributed by atoms with Gasteiger partial charge < -0.3 is 9.64 Å². The lowest BCUT2D eigenvalue weighted by molar-refractivity contribution is 0.451. The molecule has 0 fully saturated rings. The van der Waals surface area contributed by atoms with Gasteiger partial charge in [0.15, 0.2) is 0 Å². The minimum atomic E-state index is -0.770. The number of fused-ring (bicyclic) bond motifs is 22. The molecule has 0 saturated heterocycles. The predicted molar refractivity (Wildman–Crippen MR) is 287 cm³/mol. The fourth-order valence-corrected chi connectivity index (χ4v) is 13.4. The highest BCUT2D eigenvalue weighted by Crippen LogP contribution is 2.68. The summed E-state index contributed by atoms with van der Waals surface area (Å²) in [6.45, 7) is 0.